The molecule has 0 unspecified atom stereocenters. The van der Waals surface area contributed by atoms with Crippen molar-refractivity contribution in [3.05, 3.63) is 35.6 Å². The molecule has 116 valence electrons. The van der Waals surface area contributed by atoms with Crippen LogP contribution in [-0.2, 0) is 0 Å². The van der Waals surface area contributed by atoms with Crippen molar-refractivity contribution < 1.29 is 9.32 Å². The molecule has 0 atom stereocenters. The number of nitrogens with one attached hydrogen (secondary N) is 1. The summed E-state index contributed by atoms with van der Waals surface area (Å²) in [6, 6.07) is 3.66. The Kier molecular flexibility index (Phi) is 4.04. The van der Waals surface area contributed by atoms with Gasteiger partial charge in [0.2, 0.25) is 5.89 Å². The van der Waals surface area contributed by atoms with E-state index in [4.69, 9.17) is 10.3 Å². The molecule has 0 spiro atoms. The van der Waals surface area contributed by atoms with E-state index in [1.54, 1.807) is 18.3 Å². The van der Waals surface area contributed by atoms with Gasteiger partial charge in [-0.1, -0.05) is 5.16 Å². The molecule has 1 aliphatic rings. The molecule has 2 aromatic heterocycles. The molecule has 0 aromatic carbocycles. The van der Waals surface area contributed by atoms with Crippen LogP contribution in [-0.4, -0.2) is 27.1 Å². The van der Waals surface area contributed by atoms with E-state index >= 15 is 0 Å². The first-order valence-electron chi connectivity index (χ1n) is 7.45. The Morgan fingerprint density at radius 1 is 1.36 bits per heavy atom. The topological polar surface area (TPSA) is 107 Å². The standard InChI is InChI=1S/C15H19N5O2/c1-9-18-15(22-20-9)10-4-6-11(7-5-10)19-14-12(13(16)21)3-2-8-17-14/h2-3,8,10-11H,4-7H2,1H3,(H2,16,21)(H,17,19). The van der Waals surface area contributed by atoms with Crippen molar-refractivity contribution in [1.82, 2.24) is 15.1 Å². The van der Waals surface area contributed by atoms with E-state index in [0.717, 1.165) is 31.6 Å². The van der Waals surface area contributed by atoms with Crippen molar-refractivity contribution in [3.63, 3.8) is 0 Å². The average Bonchev–Trinajstić information content (AvgIpc) is 2.95. The van der Waals surface area contributed by atoms with Crippen molar-refractivity contribution in [2.75, 3.05) is 5.32 Å². The maximum atomic E-state index is 11.4. The Morgan fingerprint density at radius 3 is 2.77 bits per heavy atom. The highest BCUT2D eigenvalue weighted by Crippen LogP contribution is 2.33. The summed E-state index contributed by atoms with van der Waals surface area (Å²) in [5.74, 6) is 1.82. The minimum atomic E-state index is -0.467. The number of carbonyl (C=O) groups excluding carboxylic acids is 1. The van der Waals surface area contributed by atoms with Gasteiger partial charge in [-0.15, -0.1) is 0 Å². The highest BCUT2D eigenvalue weighted by molar-refractivity contribution is 5.97. The van der Waals surface area contributed by atoms with Crippen LogP contribution < -0.4 is 11.1 Å². The van der Waals surface area contributed by atoms with Gasteiger partial charge in [-0.05, 0) is 44.7 Å². The number of pyridine rings is 1. The van der Waals surface area contributed by atoms with E-state index in [-0.39, 0.29) is 6.04 Å². The smallest absolute Gasteiger partial charge is 0.252 e. The molecule has 7 nitrogen and oxygen atoms in total. The lowest BCUT2D eigenvalue weighted by Gasteiger charge is -2.27. The number of hydrogen-bond donors (Lipinski definition) is 2. The number of rotatable bonds is 4. The fourth-order valence-corrected chi connectivity index (χ4v) is 2.88. The maximum Gasteiger partial charge on any atom is 0.252 e. The van der Waals surface area contributed by atoms with Crippen LogP contribution in [0.4, 0.5) is 5.82 Å². The van der Waals surface area contributed by atoms with Crippen LogP contribution in [0.5, 0.6) is 0 Å². The van der Waals surface area contributed by atoms with E-state index in [9.17, 15) is 4.79 Å². The van der Waals surface area contributed by atoms with E-state index < -0.39 is 5.91 Å². The number of aryl methyl sites for hydroxylation is 1. The lowest BCUT2D eigenvalue weighted by Crippen LogP contribution is -2.27. The molecular weight excluding hydrogens is 282 g/mol. The van der Waals surface area contributed by atoms with Crippen molar-refractivity contribution in [2.24, 2.45) is 5.73 Å². The number of carbonyl (C=O) groups is 1. The molecule has 7 heteroatoms. The lowest BCUT2D eigenvalue weighted by molar-refractivity contribution is 0.100. The third kappa shape index (κ3) is 3.08. The predicted molar refractivity (Wildman–Crippen MR) is 80.4 cm³/mol. The molecule has 2 aromatic rings. The third-order valence-electron chi connectivity index (χ3n) is 4.03. The predicted octanol–water partition coefficient (Wildman–Crippen LogP) is 2.01. The average molecular weight is 301 g/mol. The summed E-state index contributed by atoms with van der Waals surface area (Å²) in [7, 11) is 0. The number of anilines is 1. The number of aromatic nitrogens is 3. The van der Waals surface area contributed by atoms with Crippen LogP contribution >= 0.6 is 0 Å². The summed E-state index contributed by atoms with van der Waals surface area (Å²) in [6.07, 6.45) is 5.51. The number of hydrogen-bond acceptors (Lipinski definition) is 6. The Hall–Kier alpha value is -2.44. The third-order valence-corrected chi connectivity index (χ3v) is 4.03. The Balaban J connectivity index is 1.62. The normalized spacial score (nSPS) is 21.5. The van der Waals surface area contributed by atoms with Crippen LogP contribution in [0.15, 0.2) is 22.9 Å². The van der Waals surface area contributed by atoms with Crippen LogP contribution in [0.1, 0.15) is 53.7 Å². The minimum Gasteiger partial charge on any atom is -0.367 e. The Labute approximate surface area is 128 Å². The van der Waals surface area contributed by atoms with Crippen molar-refractivity contribution >= 4 is 11.7 Å². The molecule has 0 radical (unpaired) electrons. The van der Waals surface area contributed by atoms with E-state index in [1.807, 2.05) is 6.92 Å². The van der Waals surface area contributed by atoms with Crippen LogP contribution in [0.2, 0.25) is 0 Å². The fourth-order valence-electron chi connectivity index (χ4n) is 2.88. The van der Waals surface area contributed by atoms with Crippen molar-refractivity contribution in [3.8, 4) is 0 Å². The van der Waals surface area contributed by atoms with Gasteiger partial charge in [0, 0.05) is 18.2 Å². The molecule has 0 saturated heterocycles. The fraction of sp³-hybridized carbons (Fsp3) is 0.467. The highest BCUT2D eigenvalue weighted by atomic mass is 16.5. The first kappa shape index (κ1) is 14.5. The second-order valence-corrected chi connectivity index (χ2v) is 5.64. The molecule has 1 saturated carbocycles. The number of primary amides is 1. The summed E-state index contributed by atoms with van der Waals surface area (Å²) in [5.41, 5.74) is 5.80. The SMILES string of the molecule is Cc1noc(C2CCC(Nc3ncccc3C(N)=O)CC2)n1. The molecule has 1 aliphatic carbocycles. The molecule has 1 fully saturated rings. The highest BCUT2D eigenvalue weighted by Gasteiger charge is 2.26. The molecule has 0 bridgehead atoms. The van der Waals surface area contributed by atoms with Crippen LogP contribution in [0, 0.1) is 6.92 Å². The zero-order chi connectivity index (χ0) is 15.5. The van der Waals surface area contributed by atoms with Gasteiger partial charge in [-0.3, -0.25) is 4.79 Å². The largest absolute Gasteiger partial charge is 0.367 e. The Bertz CT molecular complexity index is 661. The molecule has 2 heterocycles. The molecule has 3 N–H and O–H groups in total. The van der Waals surface area contributed by atoms with Crippen molar-refractivity contribution in [2.45, 2.75) is 44.6 Å². The maximum absolute atomic E-state index is 11.4. The quantitative estimate of drug-likeness (QED) is 0.894. The molecule has 0 aliphatic heterocycles. The second kappa shape index (κ2) is 6.13. The van der Waals surface area contributed by atoms with Gasteiger partial charge in [0.15, 0.2) is 5.82 Å². The Morgan fingerprint density at radius 2 is 2.14 bits per heavy atom. The van der Waals surface area contributed by atoms with Crippen LogP contribution in [0.3, 0.4) is 0 Å². The summed E-state index contributed by atoms with van der Waals surface area (Å²) in [5, 5.41) is 7.18. The van der Waals surface area contributed by atoms with Gasteiger partial charge >= 0.3 is 0 Å². The molecule has 3 rings (SSSR count). The monoisotopic (exact) mass is 301 g/mol. The minimum absolute atomic E-state index is 0.272. The van der Waals surface area contributed by atoms with Crippen molar-refractivity contribution in [1.29, 1.82) is 0 Å². The molecule has 1 amide bonds. The number of amides is 1. The lowest BCUT2D eigenvalue weighted by atomic mass is 9.86. The summed E-state index contributed by atoms with van der Waals surface area (Å²) in [4.78, 5) is 19.9. The zero-order valence-corrected chi connectivity index (χ0v) is 12.5. The van der Waals surface area contributed by atoms with Crippen LogP contribution in [0.25, 0.3) is 0 Å². The molecular formula is C15H19N5O2. The van der Waals surface area contributed by atoms with Gasteiger partial charge in [0.1, 0.15) is 5.82 Å². The van der Waals surface area contributed by atoms with E-state index in [0.29, 0.717) is 23.1 Å². The van der Waals surface area contributed by atoms with Gasteiger partial charge < -0.3 is 15.6 Å². The van der Waals surface area contributed by atoms with Gasteiger partial charge in [0.05, 0.1) is 5.56 Å². The first-order chi connectivity index (χ1) is 10.6. The number of nitrogens with two attached hydrogens (primary N) is 1. The summed E-state index contributed by atoms with van der Waals surface area (Å²) < 4.78 is 5.25. The number of nitrogens with zero attached hydrogens (tertiary/aromatic N) is 3. The summed E-state index contributed by atoms with van der Waals surface area (Å²) in [6.45, 7) is 1.83. The van der Waals surface area contributed by atoms with E-state index in [2.05, 4.69) is 20.4 Å². The summed E-state index contributed by atoms with van der Waals surface area (Å²) >= 11 is 0. The first-order valence-corrected chi connectivity index (χ1v) is 7.45. The van der Waals surface area contributed by atoms with Gasteiger partial charge in [0.25, 0.3) is 5.91 Å². The van der Waals surface area contributed by atoms with E-state index in [1.165, 1.54) is 0 Å². The zero-order valence-electron chi connectivity index (χ0n) is 12.5. The van der Waals surface area contributed by atoms with Gasteiger partial charge in [-0.25, -0.2) is 4.98 Å². The second-order valence-electron chi connectivity index (χ2n) is 5.64. The molecule has 22 heavy (non-hydrogen) atoms. The van der Waals surface area contributed by atoms with Gasteiger partial charge in [-0.2, -0.15) is 4.98 Å².